The molecule has 1 aliphatic heterocycles. The largest absolute Gasteiger partial charge is 0.380 e. The average molecular weight is 440 g/mol. The summed E-state index contributed by atoms with van der Waals surface area (Å²) in [5.41, 5.74) is 0.433. The molecule has 1 aliphatic rings. The molecule has 0 unspecified atom stereocenters. The van der Waals surface area contributed by atoms with Crippen LogP contribution in [0.2, 0.25) is 0 Å². The van der Waals surface area contributed by atoms with E-state index in [0.717, 1.165) is 28.8 Å². The molecule has 1 aromatic carbocycles. The number of nitrogens with zero attached hydrogens (tertiary/aromatic N) is 2. The fourth-order valence-corrected chi connectivity index (χ4v) is 4.64. The van der Waals surface area contributed by atoms with Crippen molar-refractivity contribution in [2.45, 2.75) is 42.8 Å². The van der Waals surface area contributed by atoms with Gasteiger partial charge in [0.05, 0.1) is 29.9 Å². The lowest BCUT2D eigenvalue weighted by atomic mass is 9.96. The second kappa shape index (κ2) is 8.65. The highest BCUT2D eigenvalue weighted by molar-refractivity contribution is 9.10. The minimum atomic E-state index is -0.189. The summed E-state index contributed by atoms with van der Waals surface area (Å²) in [6.45, 7) is 0.919. The van der Waals surface area contributed by atoms with Crippen molar-refractivity contribution in [3.63, 3.8) is 0 Å². The molecule has 8 heteroatoms. The smallest absolute Gasteiger partial charge is 0.261 e. The first-order valence-corrected chi connectivity index (χ1v) is 10.6. The highest BCUT2D eigenvalue weighted by atomic mass is 79.9. The first-order chi connectivity index (χ1) is 12.5. The Labute approximate surface area is 164 Å². The van der Waals surface area contributed by atoms with Crippen LogP contribution in [0.25, 0.3) is 10.9 Å². The van der Waals surface area contributed by atoms with Gasteiger partial charge in [-0.3, -0.25) is 14.2 Å². The Hall–Kier alpha value is -1.22. The number of hydrogen-bond donors (Lipinski definition) is 1. The molecule has 1 N–H and O–H groups in total. The first-order valence-electron chi connectivity index (χ1n) is 8.54. The van der Waals surface area contributed by atoms with Gasteiger partial charge in [-0.05, 0) is 53.7 Å². The van der Waals surface area contributed by atoms with E-state index in [9.17, 15) is 9.59 Å². The number of halogens is 1. The summed E-state index contributed by atoms with van der Waals surface area (Å²) in [7, 11) is 1.67. The number of Topliss-reactive ketones (excluding diaryl/α,β-unsaturated/α-hetero) is 1. The number of thioether (sulfide) groups is 1. The van der Waals surface area contributed by atoms with E-state index in [1.54, 1.807) is 18.9 Å². The van der Waals surface area contributed by atoms with Crippen LogP contribution >= 0.6 is 27.7 Å². The second-order valence-electron chi connectivity index (χ2n) is 6.40. The molecule has 2 heterocycles. The van der Waals surface area contributed by atoms with E-state index in [2.05, 4.69) is 26.2 Å². The van der Waals surface area contributed by atoms with Crippen molar-refractivity contribution in [2.24, 2.45) is 0 Å². The van der Waals surface area contributed by atoms with Crippen LogP contribution in [0.4, 0.5) is 0 Å². The number of methoxy groups -OCH3 is 1. The third-order valence-electron chi connectivity index (χ3n) is 4.72. The summed E-state index contributed by atoms with van der Waals surface area (Å²) < 4.78 is 7.78. The van der Waals surface area contributed by atoms with Crippen LogP contribution in [-0.2, 0) is 16.1 Å². The van der Waals surface area contributed by atoms with Gasteiger partial charge in [0.2, 0.25) is 0 Å². The van der Waals surface area contributed by atoms with Crippen molar-refractivity contribution in [1.82, 2.24) is 14.9 Å². The number of ether oxygens (including phenoxy) is 1. The van der Waals surface area contributed by atoms with Gasteiger partial charge in [-0.25, -0.2) is 4.98 Å². The Kier molecular flexibility index (Phi) is 6.50. The molecule has 1 fully saturated rings. The highest BCUT2D eigenvalue weighted by Crippen LogP contribution is 2.28. The van der Waals surface area contributed by atoms with Crippen LogP contribution in [0.5, 0.6) is 0 Å². The molecule has 0 saturated carbocycles. The van der Waals surface area contributed by atoms with Crippen LogP contribution in [0.15, 0.2) is 32.6 Å². The van der Waals surface area contributed by atoms with Gasteiger partial charge in [0.1, 0.15) is 0 Å². The van der Waals surface area contributed by atoms with Gasteiger partial charge in [0, 0.05) is 28.9 Å². The first kappa shape index (κ1) is 19.5. The normalized spacial score (nSPS) is 20.4. The minimum absolute atomic E-state index is 0.00287. The number of ketones is 1. The van der Waals surface area contributed by atoms with Crippen molar-refractivity contribution >= 4 is 44.4 Å². The van der Waals surface area contributed by atoms with Gasteiger partial charge in [-0.15, -0.1) is 11.8 Å². The second-order valence-corrected chi connectivity index (χ2v) is 8.10. The van der Waals surface area contributed by atoms with Gasteiger partial charge in [-0.2, -0.15) is 0 Å². The van der Waals surface area contributed by atoms with Crippen molar-refractivity contribution in [3.8, 4) is 0 Å². The predicted molar refractivity (Wildman–Crippen MR) is 107 cm³/mol. The number of fused-ring (bicyclic) bond motifs is 1. The molecule has 0 amide bonds. The Bertz CT molecular complexity index is 871. The van der Waals surface area contributed by atoms with Gasteiger partial charge in [-0.1, -0.05) is 0 Å². The quantitative estimate of drug-likeness (QED) is 0.697. The number of hydrogen-bond acceptors (Lipinski definition) is 6. The Morgan fingerprint density at radius 1 is 1.50 bits per heavy atom. The number of benzene rings is 1. The number of carbonyl (C=O) groups is 1. The third-order valence-corrected chi connectivity index (χ3v) is 6.41. The number of piperidine rings is 1. The van der Waals surface area contributed by atoms with Gasteiger partial charge in [0.15, 0.2) is 5.78 Å². The molecule has 2 aromatic rings. The summed E-state index contributed by atoms with van der Waals surface area (Å²) in [6.07, 6.45) is 5.79. The van der Waals surface area contributed by atoms with Gasteiger partial charge in [0.25, 0.3) is 5.56 Å². The Balaban J connectivity index is 1.80. The number of carbonyl (C=O) groups excluding carboxylic acids is 1. The molecule has 26 heavy (non-hydrogen) atoms. The molecule has 6 nitrogen and oxygen atoms in total. The molecular weight excluding hydrogens is 418 g/mol. The van der Waals surface area contributed by atoms with E-state index in [0.29, 0.717) is 17.3 Å². The summed E-state index contributed by atoms with van der Waals surface area (Å²) >= 11 is 5.04. The summed E-state index contributed by atoms with van der Waals surface area (Å²) in [5, 5.41) is 3.87. The molecule has 0 radical (unpaired) electrons. The molecule has 0 aliphatic carbocycles. The summed E-state index contributed by atoms with van der Waals surface area (Å²) in [4.78, 5) is 30.6. The molecular formula is C18H22BrN3O3S. The maximum Gasteiger partial charge on any atom is 0.261 e. The van der Waals surface area contributed by atoms with Crippen molar-refractivity contribution in [2.75, 3.05) is 19.9 Å². The summed E-state index contributed by atoms with van der Waals surface area (Å²) in [6, 6.07) is 3.66. The fourth-order valence-electron chi connectivity index (χ4n) is 3.34. The van der Waals surface area contributed by atoms with Gasteiger partial charge < -0.3 is 10.1 Å². The lowest BCUT2D eigenvalue weighted by Gasteiger charge is -2.31. The van der Waals surface area contributed by atoms with E-state index in [1.807, 2.05) is 18.4 Å². The zero-order valence-electron chi connectivity index (χ0n) is 14.8. The Morgan fingerprint density at radius 3 is 3.04 bits per heavy atom. The standard InChI is InChI=1S/C18H22BrN3O3S/c1-25-16-4-3-5-20-15(16)6-11(23)9-22-10-21-14-8-13(19)17(26-2)7-12(14)18(22)24/h7-8,10,15-16,20H,3-6,9H2,1-2H3/t15-,16+/m1/s1. The van der Waals surface area contributed by atoms with Crippen LogP contribution < -0.4 is 10.9 Å². The van der Waals surface area contributed by atoms with Crippen molar-refractivity contribution in [3.05, 3.63) is 33.3 Å². The number of aromatic nitrogens is 2. The zero-order valence-corrected chi connectivity index (χ0v) is 17.2. The molecule has 0 bridgehead atoms. The molecule has 0 spiro atoms. The van der Waals surface area contributed by atoms with E-state index in [-0.39, 0.29) is 30.0 Å². The number of rotatable bonds is 6. The van der Waals surface area contributed by atoms with Crippen LogP contribution in [-0.4, -0.2) is 47.4 Å². The molecule has 140 valence electrons. The maximum absolute atomic E-state index is 12.8. The fraction of sp³-hybridized carbons (Fsp3) is 0.500. The van der Waals surface area contributed by atoms with Gasteiger partial charge >= 0.3 is 0 Å². The van der Waals surface area contributed by atoms with E-state index in [4.69, 9.17) is 4.74 Å². The lowest BCUT2D eigenvalue weighted by Crippen LogP contribution is -2.47. The monoisotopic (exact) mass is 439 g/mol. The van der Waals surface area contributed by atoms with Crippen LogP contribution in [0, 0.1) is 0 Å². The SMILES string of the molecule is CO[C@H]1CCCN[C@@H]1CC(=O)Cn1cnc2cc(Br)c(SC)cc2c1=O. The zero-order chi connectivity index (χ0) is 18.7. The molecule has 3 rings (SSSR count). The minimum Gasteiger partial charge on any atom is -0.380 e. The van der Waals surface area contributed by atoms with Crippen LogP contribution in [0.3, 0.4) is 0 Å². The Morgan fingerprint density at radius 2 is 2.31 bits per heavy atom. The molecule has 2 atom stereocenters. The lowest BCUT2D eigenvalue weighted by molar-refractivity contribution is -0.121. The van der Waals surface area contributed by atoms with E-state index >= 15 is 0 Å². The topological polar surface area (TPSA) is 73.2 Å². The van der Waals surface area contributed by atoms with Crippen LogP contribution in [0.1, 0.15) is 19.3 Å². The number of nitrogens with one attached hydrogen (secondary N) is 1. The highest BCUT2D eigenvalue weighted by Gasteiger charge is 2.26. The third kappa shape index (κ3) is 4.19. The predicted octanol–water partition coefficient (Wildman–Crippen LogP) is 2.61. The molecule has 1 saturated heterocycles. The van der Waals surface area contributed by atoms with E-state index < -0.39 is 0 Å². The maximum atomic E-state index is 12.8. The summed E-state index contributed by atoms with van der Waals surface area (Å²) in [5.74, 6) is -0.00287. The van der Waals surface area contributed by atoms with E-state index in [1.165, 1.54) is 10.9 Å². The van der Waals surface area contributed by atoms with Crippen molar-refractivity contribution < 1.29 is 9.53 Å². The molecule has 1 aromatic heterocycles. The van der Waals surface area contributed by atoms with Crippen molar-refractivity contribution in [1.29, 1.82) is 0 Å². The average Bonchev–Trinajstić information content (AvgIpc) is 2.64.